The average molecular weight is 148 g/mol. The van der Waals surface area contributed by atoms with E-state index in [0.29, 0.717) is 0 Å². The van der Waals surface area contributed by atoms with Crippen LogP contribution in [0.5, 0.6) is 5.75 Å². The van der Waals surface area contributed by atoms with Gasteiger partial charge in [0.25, 0.3) is 0 Å². The molecular weight excluding hydrogens is 136 g/mol. The van der Waals surface area contributed by atoms with E-state index in [9.17, 15) is 0 Å². The van der Waals surface area contributed by atoms with Crippen molar-refractivity contribution in [2.24, 2.45) is 0 Å². The standard InChI is InChI=1S/C10H12O/c1-2-3-9-11-10-7-5-4-6-8-10/h5,7-8H,2-3,9H2,1H3. The Balaban J connectivity index is 2.28. The molecule has 0 fully saturated rings. The lowest BCUT2D eigenvalue weighted by Crippen LogP contribution is -1.95. The van der Waals surface area contributed by atoms with Crippen molar-refractivity contribution in [3.8, 4) is 5.75 Å². The van der Waals surface area contributed by atoms with Gasteiger partial charge in [0.2, 0.25) is 0 Å². The third-order valence-corrected chi connectivity index (χ3v) is 1.40. The molecule has 0 heterocycles. The first-order chi connectivity index (χ1) is 5.43. The zero-order chi connectivity index (χ0) is 7.94. The predicted octanol–water partition coefficient (Wildman–Crippen LogP) is 2.47. The van der Waals surface area contributed by atoms with Crippen molar-refractivity contribution in [2.75, 3.05) is 6.61 Å². The molecule has 0 N–H and O–H groups in total. The summed E-state index contributed by atoms with van der Waals surface area (Å²) in [5.74, 6) is 0.886. The van der Waals surface area contributed by atoms with Gasteiger partial charge in [-0.2, -0.15) is 0 Å². The predicted molar refractivity (Wildman–Crippen MR) is 44.5 cm³/mol. The summed E-state index contributed by atoms with van der Waals surface area (Å²) in [6.07, 6.45) is 2.28. The molecule has 0 bridgehead atoms. The number of ether oxygens (including phenoxy) is 1. The van der Waals surface area contributed by atoms with Crippen LogP contribution in [0.4, 0.5) is 0 Å². The highest BCUT2D eigenvalue weighted by atomic mass is 16.5. The van der Waals surface area contributed by atoms with E-state index in [1.54, 1.807) is 12.1 Å². The van der Waals surface area contributed by atoms with Gasteiger partial charge >= 0.3 is 0 Å². The molecule has 2 radical (unpaired) electrons. The molecule has 1 heteroatoms. The summed E-state index contributed by atoms with van der Waals surface area (Å²) >= 11 is 0. The Kier molecular flexibility index (Phi) is 3.53. The van der Waals surface area contributed by atoms with Crippen molar-refractivity contribution >= 4 is 0 Å². The maximum Gasteiger partial charge on any atom is 0.119 e. The van der Waals surface area contributed by atoms with Crippen molar-refractivity contribution in [1.29, 1.82) is 0 Å². The zero-order valence-corrected chi connectivity index (χ0v) is 6.76. The van der Waals surface area contributed by atoms with E-state index >= 15 is 0 Å². The van der Waals surface area contributed by atoms with Crippen LogP contribution in [0.15, 0.2) is 18.2 Å². The highest BCUT2D eigenvalue weighted by Crippen LogP contribution is 2.07. The van der Waals surface area contributed by atoms with Crippen molar-refractivity contribution in [3.63, 3.8) is 0 Å². The Morgan fingerprint density at radius 3 is 3.00 bits per heavy atom. The molecule has 58 valence electrons. The quantitative estimate of drug-likeness (QED) is 0.596. The lowest BCUT2D eigenvalue weighted by atomic mass is 10.3. The molecule has 11 heavy (non-hydrogen) atoms. The van der Waals surface area contributed by atoms with E-state index in [0.717, 1.165) is 18.8 Å². The number of unbranched alkanes of at least 4 members (excludes halogenated alkanes) is 1. The highest BCUT2D eigenvalue weighted by molar-refractivity contribution is 5.19. The van der Waals surface area contributed by atoms with E-state index in [1.165, 1.54) is 6.42 Å². The van der Waals surface area contributed by atoms with Crippen LogP contribution in [0.1, 0.15) is 19.8 Å². The summed E-state index contributed by atoms with van der Waals surface area (Å²) in [7, 11) is 0. The molecule has 0 aliphatic heterocycles. The fourth-order valence-electron chi connectivity index (χ4n) is 0.757. The molecular formula is C10H12O. The molecule has 0 amide bonds. The van der Waals surface area contributed by atoms with Crippen molar-refractivity contribution in [1.82, 2.24) is 0 Å². The van der Waals surface area contributed by atoms with Crippen LogP contribution in [-0.2, 0) is 0 Å². The Morgan fingerprint density at radius 1 is 1.45 bits per heavy atom. The summed E-state index contributed by atoms with van der Waals surface area (Å²) in [5.41, 5.74) is 0. The maximum atomic E-state index is 5.40. The molecule has 0 aliphatic rings. The van der Waals surface area contributed by atoms with E-state index < -0.39 is 0 Å². The van der Waals surface area contributed by atoms with Gasteiger partial charge in [0, 0.05) is 0 Å². The van der Waals surface area contributed by atoms with Gasteiger partial charge in [-0.25, -0.2) is 0 Å². The summed E-state index contributed by atoms with van der Waals surface area (Å²) in [5, 5.41) is 0. The first kappa shape index (κ1) is 8.12. The average Bonchev–Trinajstić information content (AvgIpc) is 2.07. The highest BCUT2D eigenvalue weighted by Gasteiger charge is 1.88. The molecule has 0 aliphatic carbocycles. The Hall–Kier alpha value is -0.980. The number of hydrogen-bond acceptors (Lipinski definition) is 1. The van der Waals surface area contributed by atoms with Crippen LogP contribution in [-0.4, -0.2) is 6.61 Å². The van der Waals surface area contributed by atoms with Crippen molar-refractivity contribution in [2.45, 2.75) is 19.8 Å². The molecule has 0 unspecified atom stereocenters. The summed E-state index contributed by atoms with van der Waals surface area (Å²) in [6, 6.07) is 11.2. The monoisotopic (exact) mass is 148 g/mol. The molecule has 1 rings (SSSR count). The first-order valence-corrected chi connectivity index (χ1v) is 3.94. The molecule has 0 atom stereocenters. The van der Waals surface area contributed by atoms with E-state index in [4.69, 9.17) is 4.74 Å². The Morgan fingerprint density at radius 2 is 2.36 bits per heavy atom. The smallest absolute Gasteiger partial charge is 0.119 e. The van der Waals surface area contributed by atoms with Gasteiger partial charge in [0.15, 0.2) is 0 Å². The second-order valence-electron chi connectivity index (χ2n) is 2.37. The third kappa shape index (κ3) is 3.08. The van der Waals surface area contributed by atoms with Crippen LogP contribution in [0, 0.1) is 12.1 Å². The number of rotatable bonds is 4. The van der Waals surface area contributed by atoms with Gasteiger partial charge in [-0.1, -0.05) is 19.4 Å². The Labute approximate surface area is 68.0 Å². The van der Waals surface area contributed by atoms with Gasteiger partial charge < -0.3 is 4.74 Å². The molecule has 0 saturated heterocycles. The molecule has 1 aromatic rings. The second kappa shape index (κ2) is 4.78. The van der Waals surface area contributed by atoms with Gasteiger partial charge in [-0.3, -0.25) is 0 Å². The topological polar surface area (TPSA) is 9.23 Å². The molecule has 1 nitrogen and oxygen atoms in total. The SMILES string of the molecule is CCCCOc1c[c][c]cc1. The van der Waals surface area contributed by atoms with Crippen LogP contribution in [0.3, 0.4) is 0 Å². The largest absolute Gasteiger partial charge is 0.494 e. The van der Waals surface area contributed by atoms with Crippen LogP contribution >= 0.6 is 0 Å². The number of hydrogen-bond donors (Lipinski definition) is 0. The summed E-state index contributed by atoms with van der Waals surface area (Å²) < 4.78 is 5.40. The van der Waals surface area contributed by atoms with E-state index in [1.807, 2.05) is 6.07 Å². The maximum absolute atomic E-state index is 5.40. The first-order valence-electron chi connectivity index (χ1n) is 3.94. The third-order valence-electron chi connectivity index (χ3n) is 1.40. The van der Waals surface area contributed by atoms with Crippen LogP contribution in [0.25, 0.3) is 0 Å². The molecule has 0 spiro atoms. The fraction of sp³-hybridized carbons (Fsp3) is 0.400. The minimum Gasteiger partial charge on any atom is -0.494 e. The summed E-state index contributed by atoms with van der Waals surface area (Å²) in [4.78, 5) is 0. The minimum atomic E-state index is 0.800. The van der Waals surface area contributed by atoms with Gasteiger partial charge in [0.1, 0.15) is 5.75 Å². The van der Waals surface area contributed by atoms with Crippen molar-refractivity contribution < 1.29 is 4.74 Å². The number of benzene rings is 1. The fourth-order valence-corrected chi connectivity index (χ4v) is 0.757. The van der Waals surface area contributed by atoms with Crippen LogP contribution < -0.4 is 4.74 Å². The Bertz CT molecular complexity index is 181. The van der Waals surface area contributed by atoms with Crippen LogP contribution in [0.2, 0.25) is 0 Å². The summed E-state index contributed by atoms with van der Waals surface area (Å²) in [6.45, 7) is 2.95. The van der Waals surface area contributed by atoms with Gasteiger partial charge in [-0.15, -0.1) is 0 Å². The lowest BCUT2D eigenvalue weighted by Gasteiger charge is -2.02. The zero-order valence-electron chi connectivity index (χ0n) is 6.76. The van der Waals surface area contributed by atoms with E-state index in [2.05, 4.69) is 19.1 Å². The molecule has 0 aromatic heterocycles. The lowest BCUT2D eigenvalue weighted by molar-refractivity contribution is 0.309. The van der Waals surface area contributed by atoms with Gasteiger partial charge in [-0.05, 0) is 30.7 Å². The normalized spacial score (nSPS) is 9.55. The second-order valence-corrected chi connectivity index (χ2v) is 2.37. The molecule has 1 aromatic carbocycles. The molecule has 0 saturated carbocycles. The van der Waals surface area contributed by atoms with Gasteiger partial charge in [0.05, 0.1) is 6.61 Å². The van der Waals surface area contributed by atoms with E-state index in [-0.39, 0.29) is 0 Å². The minimum absolute atomic E-state index is 0.800. The van der Waals surface area contributed by atoms with Crippen molar-refractivity contribution in [3.05, 3.63) is 30.3 Å².